The Morgan fingerprint density at radius 3 is 2.89 bits per heavy atom. The maximum Gasteiger partial charge on any atom is 0.125 e. The molecule has 1 aromatic rings. The molecule has 0 saturated carbocycles. The lowest BCUT2D eigenvalue weighted by Gasteiger charge is -2.16. The van der Waals surface area contributed by atoms with E-state index in [-0.39, 0.29) is 6.10 Å². The number of benzene rings is 1. The third kappa shape index (κ3) is 3.37. The van der Waals surface area contributed by atoms with E-state index in [0.29, 0.717) is 29.0 Å². The van der Waals surface area contributed by atoms with Crippen molar-refractivity contribution in [3.63, 3.8) is 0 Å². The van der Waals surface area contributed by atoms with Crippen LogP contribution >= 0.6 is 11.6 Å². The number of ether oxygens (including phenoxy) is 2. The number of hydrogen-bond acceptors (Lipinski definition) is 3. The molecule has 0 amide bonds. The molecule has 2 rings (SSSR count). The number of rotatable bonds is 4. The minimum absolute atomic E-state index is 0.150. The zero-order valence-electron chi connectivity index (χ0n) is 10.7. The molecular weight excluding hydrogens is 252 g/mol. The summed E-state index contributed by atoms with van der Waals surface area (Å²) in [6.07, 6.45) is 1.98. The van der Waals surface area contributed by atoms with Crippen LogP contribution in [0.25, 0.3) is 0 Å². The van der Waals surface area contributed by atoms with Gasteiger partial charge in [-0.25, -0.2) is 0 Å². The van der Waals surface area contributed by atoms with Crippen LogP contribution in [0.1, 0.15) is 38.4 Å². The van der Waals surface area contributed by atoms with E-state index in [4.69, 9.17) is 21.1 Å². The van der Waals surface area contributed by atoms with Crippen LogP contribution < -0.4 is 4.74 Å². The van der Waals surface area contributed by atoms with Crippen molar-refractivity contribution < 1.29 is 14.6 Å². The Bertz CT molecular complexity index is 406. The largest absolute Gasteiger partial charge is 0.490 e. The predicted molar refractivity (Wildman–Crippen MR) is 71.1 cm³/mol. The van der Waals surface area contributed by atoms with E-state index < -0.39 is 6.10 Å². The normalized spacial score (nSPS) is 25.1. The molecule has 0 aromatic heterocycles. The molecule has 1 fully saturated rings. The summed E-state index contributed by atoms with van der Waals surface area (Å²) < 4.78 is 11.4. The SMILES string of the molecule is CC1CCC(COc2ccc(Cl)cc2[C@H](C)O)O1. The minimum atomic E-state index is -0.595. The lowest BCUT2D eigenvalue weighted by molar-refractivity contribution is 0.0257. The maximum atomic E-state index is 9.69. The second-order valence-corrected chi connectivity index (χ2v) is 5.25. The molecule has 1 aliphatic rings. The minimum Gasteiger partial charge on any atom is -0.490 e. The van der Waals surface area contributed by atoms with E-state index in [9.17, 15) is 5.11 Å². The van der Waals surface area contributed by atoms with Gasteiger partial charge < -0.3 is 14.6 Å². The molecule has 1 heterocycles. The molecule has 1 N–H and O–H groups in total. The Hall–Kier alpha value is -0.770. The van der Waals surface area contributed by atoms with E-state index in [1.165, 1.54) is 0 Å². The molecule has 2 unspecified atom stereocenters. The topological polar surface area (TPSA) is 38.7 Å². The fourth-order valence-corrected chi connectivity index (χ4v) is 2.35. The lowest BCUT2D eigenvalue weighted by Crippen LogP contribution is -2.18. The molecule has 4 heteroatoms. The van der Waals surface area contributed by atoms with E-state index >= 15 is 0 Å². The second kappa shape index (κ2) is 5.91. The van der Waals surface area contributed by atoms with Crippen LogP contribution in [-0.4, -0.2) is 23.9 Å². The zero-order chi connectivity index (χ0) is 13.1. The second-order valence-electron chi connectivity index (χ2n) is 4.82. The Morgan fingerprint density at radius 2 is 2.28 bits per heavy atom. The van der Waals surface area contributed by atoms with Gasteiger partial charge in [-0.1, -0.05) is 11.6 Å². The summed E-state index contributed by atoms with van der Waals surface area (Å²) in [6.45, 7) is 4.29. The third-order valence-corrected chi connectivity index (χ3v) is 3.40. The first kappa shape index (κ1) is 13.7. The highest BCUT2D eigenvalue weighted by molar-refractivity contribution is 6.30. The van der Waals surface area contributed by atoms with Gasteiger partial charge in [-0.2, -0.15) is 0 Å². The van der Waals surface area contributed by atoms with Crippen LogP contribution in [0, 0.1) is 0 Å². The monoisotopic (exact) mass is 270 g/mol. The van der Waals surface area contributed by atoms with Gasteiger partial charge in [0.2, 0.25) is 0 Å². The van der Waals surface area contributed by atoms with Crippen LogP contribution in [0.15, 0.2) is 18.2 Å². The number of halogens is 1. The first-order valence-electron chi connectivity index (χ1n) is 6.32. The molecule has 1 aromatic carbocycles. The summed E-state index contributed by atoms with van der Waals surface area (Å²) in [5.74, 6) is 0.678. The summed E-state index contributed by atoms with van der Waals surface area (Å²) in [5, 5.41) is 10.3. The molecule has 1 saturated heterocycles. The van der Waals surface area contributed by atoms with Crippen molar-refractivity contribution in [2.45, 2.75) is 45.0 Å². The van der Waals surface area contributed by atoms with E-state index in [1.807, 2.05) is 0 Å². The highest BCUT2D eigenvalue weighted by atomic mass is 35.5. The van der Waals surface area contributed by atoms with Crippen molar-refractivity contribution in [2.75, 3.05) is 6.61 Å². The number of aliphatic hydroxyl groups excluding tert-OH is 1. The van der Waals surface area contributed by atoms with Gasteiger partial charge in [0.1, 0.15) is 12.4 Å². The summed E-state index contributed by atoms with van der Waals surface area (Å²) in [5.41, 5.74) is 0.716. The van der Waals surface area contributed by atoms with Crippen molar-refractivity contribution in [3.05, 3.63) is 28.8 Å². The number of aliphatic hydroxyl groups is 1. The summed E-state index contributed by atoms with van der Waals surface area (Å²) >= 11 is 5.92. The predicted octanol–water partition coefficient (Wildman–Crippen LogP) is 3.34. The van der Waals surface area contributed by atoms with Crippen molar-refractivity contribution in [1.82, 2.24) is 0 Å². The van der Waals surface area contributed by atoms with Gasteiger partial charge in [0.05, 0.1) is 18.3 Å². The molecule has 3 nitrogen and oxygen atoms in total. The zero-order valence-corrected chi connectivity index (χ0v) is 11.5. The quantitative estimate of drug-likeness (QED) is 0.912. The van der Waals surface area contributed by atoms with E-state index in [1.54, 1.807) is 25.1 Å². The Kier molecular flexibility index (Phi) is 4.49. The lowest BCUT2D eigenvalue weighted by atomic mass is 10.1. The van der Waals surface area contributed by atoms with Gasteiger partial charge >= 0.3 is 0 Å². The summed E-state index contributed by atoms with van der Waals surface area (Å²) in [7, 11) is 0. The molecule has 3 atom stereocenters. The standard InChI is InChI=1S/C14H19ClO3/c1-9-3-5-12(18-9)8-17-14-6-4-11(15)7-13(14)10(2)16/h4,6-7,9-10,12,16H,3,5,8H2,1-2H3/t9?,10-,12?/m0/s1. The molecule has 0 bridgehead atoms. The average molecular weight is 271 g/mol. The highest BCUT2D eigenvalue weighted by Gasteiger charge is 2.22. The fourth-order valence-electron chi connectivity index (χ4n) is 2.17. The first-order valence-corrected chi connectivity index (χ1v) is 6.70. The molecule has 0 radical (unpaired) electrons. The van der Waals surface area contributed by atoms with Crippen molar-refractivity contribution >= 4 is 11.6 Å². The molecule has 18 heavy (non-hydrogen) atoms. The van der Waals surface area contributed by atoms with Gasteiger partial charge in [-0.05, 0) is 44.9 Å². The molecule has 100 valence electrons. The van der Waals surface area contributed by atoms with Crippen LogP contribution in [0.4, 0.5) is 0 Å². The van der Waals surface area contributed by atoms with E-state index in [2.05, 4.69) is 6.92 Å². The first-order chi connectivity index (χ1) is 8.56. The van der Waals surface area contributed by atoms with Crippen molar-refractivity contribution in [3.8, 4) is 5.75 Å². The molecule has 1 aliphatic heterocycles. The molecule has 0 aliphatic carbocycles. The number of hydrogen-bond donors (Lipinski definition) is 1. The van der Waals surface area contributed by atoms with Gasteiger partial charge in [0.25, 0.3) is 0 Å². The average Bonchev–Trinajstić information content (AvgIpc) is 2.73. The van der Waals surface area contributed by atoms with E-state index in [0.717, 1.165) is 12.8 Å². The van der Waals surface area contributed by atoms with Crippen LogP contribution in [0.3, 0.4) is 0 Å². The van der Waals surface area contributed by atoms with Crippen LogP contribution in [-0.2, 0) is 4.74 Å². The van der Waals surface area contributed by atoms with Gasteiger partial charge in [0.15, 0.2) is 0 Å². The third-order valence-electron chi connectivity index (χ3n) is 3.17. The van der Waals surface area contributed by atoms with Crippen molar-refractivity contribution in [2.24, 2.45) is 0 Å². The molecular formula is C14H19ClO3. The highest BCUT2D eigenvalue weighted by Crippen LogP contribution is 2.29. The Balaban J connectivity index is 2.00. The maximum absolute atomic E-state index is 9.69. The smallest absolute Gasteiger partial charge is 0.125 e. The Morgan fingerprint density at radius 1 is 1.50 bits per heavy atom. The van der Waals surface area contributed by atoms with Gasteiger partial charge in [-0.3, -0.25) is 0 Å². The van der Waals surface area contributed by atoms with Crippen LogP contribution in [0.2, 0.25) is 5.02 Å². The van der Waals surface area contributed by atoms with Crippen LogP contribution in [0.5, 0.6) is 5.75 Å². The fraction of sp³-hybridized carbons (Fsp3) is 0.571. The Labute approximate surface area is 113 Å². The molecule has 0 spiro atoms. The summed E-state index contributed by atoms with van der Waals surface area (Å²) in [6, 6.07) is 5.29. The van der Waals surface area contributed by atoms with Gasteiger partial charge in [0, 0.05) is 10.6 Å². The summed E-state index contributed by atoms with van der Waals surface area (Å²) in [4.78, 5) is 0. The van der Waals surface area contributed by atoms with Gasteiger partial charge in [-0.15, -0.1) is 0 Å². The van der Waals surface area contributed by atoms with Crippen molar-refractivity contribution in [1.29, 1.82) is 0 Å².